The van der Waals surface area contributed by atoms with Gasteiger partial charge in [-0.15, -0.1) is 0 Å². The van der Waals surface area contributed by atoms with Crippen molar-refractivity contribution in [1.82, 2.24) is 14.5 Å². The Labute approximate surface area is 165 Å². The van der Waals surface area contributed by atoms with E-state index in [2.05, 4.69) is 34.1 Å². The van der Waals surface area contributed by atoms with Crippen molar-refractivity contribution < 1.29 is 5.11 Å². The number of benzene rings is 2. The van der Waals surface area contributed by atoms with Gasteiger partial charge >= 0.3 is 0 Å². The molecule has 5 heteroatoms. The van der Waals surface area contributed by atoms with E-state index >= 15 is 0 Å². The summed E-state index contributed by atoms with van der Waals surface area (Å²) < 4.78 is 1.56. The molecule has 0 saturated carbocycles. The zero-order chi connectivity index (χ0) is 19.4. The summed E-state index contributed by atoms with van der Waals surface area (Å²) in [5.41, 5.74) is 1.15. The monoisotopic (exact) mass is 377 g/mol. The highest BCUT2D eigenvalue weighted by molar-refractivity contribution is 5.76. The van der Waals surface area contributed by atoms with E-state index in [1.54, 1.807) is 17.0 Å². The number of aromatic nitrogens is 2. The first-order valence-corrected chi connectivity index (χ1v) is 10.1. The van der Waals surface area contributed by atoms with Crippen LogP contribution in [0.2, 0.25) is 0 Å². The van der Waals surface area contributed by atoms with Gasteiger partial charge in [0, 0.05) is 13.1 Å². The van der Waals surface area contributed by atoms with Crippen LogP contribution >= 0.6 is 0 Å². The molecule has 3 aromatic rings. The molecule has 1 aliphatic heterocycles. The zero-order valence-electron chi connectivity index (χ0n) is 16.1. The lowest BCUT2D eigenvalue weighted by Gasteiger charge is -2.38. The fraction of sp³-hybridized carbons (Fsp3) is 0.391. The predicted octanol–water partition coefficient (Wildman–Crippen LogP) is 2.86. The second kappa shape index (κ2) is 8.25. The summed E-state index contributed by atoms with van der Waals surface area (Å²) in [6, 6.07) is 17.9. The first-order chi connectivity index (χ1) is 13.6. The van der Waals surface area contributed by atoms with Gasteiger partial charge in [0.2, 0.25) is 0 Å². The lowest BCUT2D eigenvalue weighted by atomic mass is 9.91. The van der Waals surface area contributed by atoms with E-state index < -0.39 is 5.60 Å². The molecule has 0 amide bonds. The summed E-state index contributed by atoms with van der Waals surface area (Å²) in [7, 11) is 0. The molecular formula is C23H27N3O2. The first-order valence-electron chi connectivity index (χ1n) is 10.1. The molecule has 1 saturated heterocycles. The SMILES string of the molecule is O=c1c2ccccc2ncn1CC1(O)CCN(CCCc2ccccc2)CC1. The van der Waals surface area contributed by atoms with Crippen molar-refractivity contribution in [3.05, 3.63) is 76.8 Å². The molecule has 2 heterocycles. The molecule has 1 N–H and O–H groups in total. The number of fused-ring (bicyclic) bond motifs is 1. The van der Waals surface area contributed by atoms with E-state index in [0.717, 1.165) is 32.5 Å². The minimum atomic E-state index is -0.843. The third-order valence-electron chi connectivity index (χ3n) is 5.77. The molecule has 0 bridgehead atoms. The van der Waals surface area contributed by atoms with E-state index in [0.29, 0.717) is 30.3 Å². The van der Waals surface area contributed by atoms with Gasteiger partial charge < -0.3 is 10.0 Å². The number of hydrogen-bond acceptors (Lipinski definition) is 4. The Morgan fingerprint density at radius 1 is 1.00 bits per heavy atom. The summed E-state index contributed by atoms with van der Waals surface area (Å²) in [6.45, 7) is 3.08. The molecule has 0 atom stereocenters. The summed E-state index contributed by atoms with van der Waals surface area (Å²) in [5.74, 6) is 0. The highest BCUT2D eigenvalue weighted by Crippen LogP contribution is 2.24. The molecule has 4 rings (SSSR count). The number of aryl methyl sites for hydroxylation is 1. The number of aliphatic hydroxyl groups is 1. The maximum atomic E-state index is 12.7. The quantitative estimate of drug-likeness (QED) is 0.718. The second-order valence-electron chi connectivity index (χ2n) is 7.85. The number of rotatable bonds is 6. The highest BCUT2D eigenvalue weighted by atomic mass is 16.3. The lowest BCUT2D eigenvalue weighted by Crippen LogP contribution is -2.48. The minimum Gasteiger partial charge on any atom is -0.388 e. The fourth-order valence-electron chi connectivity index (χ4n) is 4.04. The molecule has 1 fully saturated rings. The predicted molar refractivity (Wildman–Crippen MR) is 111 cm³/mol. The van der Waals surface area contributed by atoms with Crippen LogP contribution in [0.25, 0.3) is 10.9 Å². The van der Waals surface area contributed by atoms with Crippen LogP contribution in [-0.2, 0) is 13.0 Å². The van der Waals surface area contributed by atoms with E-state index in [9.17, 15) is 9.90 Å². The Kier molecular flexibility index (Phi) is 5.55. The third kappa shape index (κ3) is 4.32. The Bertz CT molecular complexity index is 976. The molecule has 0 spiro atoms. The summed E-state index contributed by atoms with van der Waals surface area (Å²) >= 11 is 0. The molecule has 0 unspecified atom stereocenters. The van der Waals surface area contributed by atoms with Crippen LogP contribution in [0.4, 0.5) is 0 Å². The molecular weight excluding hydrogens is 350 g/mol. The van der Waals surface area contributed by atoms with Gasteiger partial charge in [-0.05, 0) is 49.9 Å². The van der Waals surface area contributed by atoms with Gasteiger partial charge in [0.05, 0.1) is 29.4 Å². The van der Waals surface area contributed by atoms with E-state index in [1.807, 2.05) is 24.3 Å². The number of piperidine rings is 1. The maximum Gasteiger partial charge on any atom is 0.261 e. The molecule has 5 nitrogen and oxygen atoms in total. The number of nitrogens with zero attached hydrogens (tertiary/aromatic N) is 3. The van der Waals surface area contributed by atoms with E-state index in [4.69, 9.17) is 0 Å². The molecule has 1 aromatic heterocycles. The first kappa shape index (κ1) is 18.8. The van der Waals surface area contributed by atoms with Crippen LogP contribution in [0.1, 0.15) is 24.8 Å². The normalized spacial score (nSPS) is 17.0. The van der Waals surface area contributed by atoms with Crippen molar-refractivity contribution in [2.24, 2.45) is 0 Å². The minimum absolute atomic E-state index is 0.0793. The number of hydrogen-bond donors (Lipinski definition) is 1. The van der Waals surface area contributed by atoms with Crippen LogP contribution in [0.5, 0.6) is 0 Å². The maximum absolute atomic E-state index is 12.7. The van der Waals surface area contributed by atoms with Crippen LogP contribution in [0, 0.1) is 0 Å². The highest BCUT2D eigenvalue weighted by Gasteiger charge is 2.32. The zero-order valence-corrected chi connectivity index (χ0v) is 16.1. The van der Waals surface area contributed by atoms with E-state index in [1.165, 1.54) is 5.56 Å². The smallest absolute Gasteiger partial charge is 0.261 e. The Morgan fingerprint density at radius 3 is 2.50 bits per heavy atom. The number of likely N-dealkylation sites (tertiary alicyclic amines) is 1. The van der Waals surface area contributed by atoms with Crippen molar-refractivity contribution in [2.75, 3.05) is 19.6 Å². The van der Waals surface area contributed by atoms with Gasteiger partial charge in [-0.3, -0.25) is 9.36 Å². The standard InChI is InChI=1S/C23H27N3O2/c27-22-20-10-4-5-11-21(20)24-18-26(22)17-23(28)12-15-25(16-13-23)14-6-9-19-7-2-1-3-8-19/h1-5,7-8,10-11,18,28H,6,9,12-17H2. The Balaban J connectivity index is 1.32. The van der Waals surface area contributed by atoms with E-state index in [-0.39, 0.29) is 5.56 Å². The summed E-state index contributed by atoms with van der Waals surface area (Å²) in [6.07, 6.45) is 5.13. The van der Waals surface area contributed by atoms with Crippen molar-refractivity contribution in [1.29, 1.82) is 0 Å². The van der Waals surface area contributed by atoms with Gasteiger partial charge in [-0.25, -0.2) is 4.98 Å². The summed E-state index contributed by atoms with van der Waals surface area (Å²) in [5, 5.41) is 11.6. The average Bonchev–Trinajstić information content (AvgIpc) is 2.73. The van der Waals surface area contributed by atoms with Crippen molar-refractivity contribution >= 4 is 10.9 Å². The van der Waals surface area contributed by atoms with Crippen molar-refractivity contribution in [3.63, 3.8) is 0 Å². The number of para-hydroxylation sites is 1. The van der Waals surface area contributed by atoms with Crippen molar-refractivity contribution in [3.8, 4) is 0 Å². The Hall–Kier alpha value is -2.50. The third-order valence-corrected chi connectivity index (χ3v) is 5.77. The summed E-state index contributed by atoms with van der Waals surface area (Å²) in [4.78, 5) is 19.5. The van der Waals surface area contributed by atoms with Gasteiger partial charge in [-0.2, -0.15) is 0 Å². The molecule has 0 radical (unpaired) electrons. The molecule has 2 aromatic carbocycles. The molecule has 28 heavy (non-hydrogen) atoms. The van der Waals surface area contributed by atoms with Crippen LogP contribution in [-0.4, -0.2) is 44.8 Å². The molecule has 146 valence electrons. The Morgan fingerprint density at radius 2 is 1.71 bits per heavy atom. The average molecular weight is 377 g/mol. The molecule has 1 aliphatic rings. The largest absolute Gasteiger partial charge is 0.388 e. The van der Waals surface area contributed by atoms with Gasteiger partial charge in [0.25, 0.3) is 5.56 Å². The molecule has 0 aliphatic carbocycles. The second-order valence-corrected chi connectivity index (χ2v) is 7.85. The van der Waals surface area contributed by atoms with Crippen LogP contribution < -0.4 is 5.56 Å². The van der Waals surface area contributed by atoms with Gasteiger partial charge in [0.15, 0.2) is 0 Å². The van der Waals surface area contributed by atoms with Crippen LogP contribution in [0.3, 0.4) is 0 Å². The van der Waals surface area contributed by atoms with Crippen molar-refractivity contribution in [2.45, 2.75) is 37.8 Å². The van der Waals surface area contributed by atoms with Gasteiger partial charge in [-0.1, -0.05) is 42.5 Å². The van der Waals surface area contributed by atoms with Gasteiger partial charge in [0.1, 0.15) is 0 Å². The topological polar surface area (TPSA) is 58.4 Å². The lowest BCUT2D eigenvalue weighted by molar-refractivity contribution is -0.0348. The fourth-order valence-corrected chi connectivity index (χ4v) is 4.04. The van der Waals surface area contributed by atoms with Crippen LogP contribution in [0.15, 0.2) is 65.7 Å².